The summed E-state index contributed by atoms with van der Waals surface area (Å²) >= 11 is 0. The fraction of sp³-hybridized carbons (Fsp3) is 0.529. The molecule has 23 heavy (non-hydrogen) atoms. The zero-order chi connectivity index (χ0) is 16.8. The maximum absolute atomic E-state index is 12.8. The van der Waals surface area contributed by atoms with E-state index in [4.69, 9.17) is 0 Å². The molecule has 6 heteroatoms. The van der Waals surface area contributed by atoms with Gasteiger partial charge in [-0.25, -0.2) is 4.39 Å². The number of carbonyl (C=O) groups is 2. The Balaban J connectivity index is 1.79. The number of hydrogen-bond acceptors (Lipinski definition) is 3. The highest BCUT2D eigenvalue weighted by Gasteiger charge is 2.30. The number of nitrogens with one attached hydrogen (secondary N) is 1. The van der Waals surface area contributed by atoms with Crippen LogP contribution in [0.15, 0.2) is 24.3 Å². The molecule has 1 saturated heterocycles. The van der Waals surface area contributed by atoms with Crippen molar-refractivity contribution in [3.05, 3.63) is 35.6 Å². The average Bonchev–Trinajstić information content (AvgIpc) is 2.55. The lowest BCUT2D eigenvalue weighted by Crippen LogP contribution is -2.47. The molecule has 126 valence electrons. The van der Waals surface area contributed by atoms with Gasteiger partial charge in [-0.15, -0.1) is 0 Å². The van der Waals surface area contributed by atoms with Crippen molar-refractivity contribution >= 4 is 11.9 Å². The molecule has 1 aliphatic rings. The van der Waals surface area contributed by atoms with Gasteiger partial charge in [-0.3, -0.25) is 14.5 Å². The summed E-state index contributed by atoms with van der Waals surface area (Å²) in [6.07, 6.45) is 1.90. The molecule has 5 nitrogen and oxygen atoms in total. The number of aliphatic carboxylic acids is 1. The molecule has 1 atom stereocenters. The number of amides is 1. The molecule has 1 amide bonds. The molecule has 1 fully saturated rings. The molecular weight excluding hydrogens is 299 g/mol. The number of halogens is 1. The summed E-state index contributed by atoms with van der Waals surface area (Å²) in [5.74, 6) is -1.20. The summed E-state index contributed by atoms with van der Waals surface area (Å²) in [4.78, 5) is 25.3. The van der Waals surface area contributed by atoms with Gasteiger partial charge in [0.15, 0.2) is 0 Å². The fourth-order valence-electron chi connectivity index (χ4n) is 3.00. The maximum Gasteiger partial charge on any atom is 0.320 e. The van der Waals surface area contributed by atoms with Gasteiger partial charge in [0.05, 0.1) is 0 Å². The second-order valence-corrected chi connectivity index (χ2v) is 5.92. The van der Waals surface area contributed by atoms with Gasteiger partial charge >= 0.3 is 5.97 Å². The summed E-state index contributed by atoms with van der Waals surface area (Å²) in [7, 11) is 0. The molecule has 0 saturated carbocycles. The van der Waals surface area contributed by atoms with Crippen LogP contribution in [0.3, 0.4) is 0 Å². The lowest BCUT2D eigenvalue weighted by atomic mass is 9.94. The summed E-state index contributed by atoms with van der Waals surface area (Å²) in [5.41, 5.74) is 0.856. The number of piperidine rings is 1. The minimum absolute atomic E-state index is 0.0163. The molecule has 1 aromatic carbocycles. The van der Waals surface area contributed by atoms with Crippen LogP contribution in [0, 0.1) is 11.7 Å². The number of rotatable bonds is 6. The van der Waals surface area contributed by atoms with Gasteiger partial charge in [0.2, 0.25) is 5.91 Å². The van der Waals surface area contributed by atoms with Crippen molar-refractivity contribution in [2.45, 2.75) is 38.8 Å². The van der Waals surface area contributed by atoms with Crippen molar-refractivity contribution < 1.29 is 19.1 Å². The summed E-state index contributed by atoms with van der Waals surface area (Å²) < 4.78 is 12.8. The van der Waals surface area contributed by atoms with Crippen LogP contribution in [0.2, 0.25) is 0 Å². The molecule has 1 aliphatic heterocycles. The number of nitrogens with zero attached hydrogens (tertiary/aromatic N) is 1. The van der Waals surface area contributed by atoms with Crippen LogP contribution in [-0.2, 0) is 16.1 Å². The Kier molecular flexibility index (Phi) is 6.10. The second kappa shape index (κ2) is 8.06. The van der Waals surface area contributed by atoms with Gasteiger partial charge in [0.1, 0.15) is 11.9 Å². The van der Waals surface area contributed by atoms with Crippen LogP contribution in [0.25, 0.3) is 0 Å². The van der Waals surface area contributed by atoms with Crippen LogP contribution in [0.1, 0.15) is 31.7 Å². The average molecular weight is 322 g/mol. The minimum atomic E-state index is -0.799. The third kappa shape index (κ3) is 4.76. The number of hydrogen-bond donors (Lipinski definition) is 2. The van der Waals surface area contributed by atoms with Crippen molar-refractivity contribution in [1.29, 1.82) is 0 Å². The van der Waals surface area contributed by atoms with Crippen LogP contribution < -0.4 is 5.32 Å². The predicted molar refractivity (Wildman–Crippen MR) is 84.3 cm³/mol. The van der Waals surface area contributed by atoms with E-state index in [0.717, 1.165) is 5.56 Å². The highest BCUT2D eigenvalue weighted by atomic mass is 19.1. The van der Waals surface area contributed by atoms with E-state index in [9.17, 15) is 19.1 Å². The third-order valence-electron chi connectivity index (χ3n) is 4.39. The van der Waals surface area contributed by atoms with Gasteiger partial charge < -0.3 is 10.4 Å². The molecule has 1 unspecified atom stereocenters. The van der Waals surface area contributed by atoms with Crippen molar-refractivity contribution in [3.8, 4) is 0 Å². The van der Waals surface area contributed by atoms with Crippen molar-refractivity contribution in [2.75, 3.05) is 13.1 Å². The number of benzene rings is 1. The molecule has 0 aliphatic carbocycles. The normalized spacial score (nSPS) is 17.7. The SMILES string of the molecule is CCC(C(=O)O)N1CCC(C(=O)NCc2ccc(F)cc2)CC1. The first-order valence-electron chi connectivity index (χ1n) is 8.00. The van der Waals surface area contributed by atoms with Crippen LogP contribution in [-0.4, -0.2) is 41.0 Å². The summed E-state index contributed by atoms with van der Waals surface area (Å²) in [6.45, 7) is 3.49. The summed E-state index contributed by atoms with van der Waals surface area (Å²) in [6, 6.07) is 5.58. The summed E-state index contributed by atoms with van der Waals surface area (Å²) in [5, 5.41) is 12.1. The number of carboxylic acid groups (broad SMARTS) is 1. The van der Waals surface area contributed by atoms with Crippen LogP contribution >= 0.6 is 0 Å². The van der Waals surface area contributed by atoms with E-state index in [1.165, 1.54) is 12.1 Å². The Labute approximate surface area is 135 Å². The van der Waals surface area contributed by atoms with E-state index in [1.54, 1.807) is 12.1 Å². The Morgan fingerprint density at radius 2 is 1.91 bits per heavy atom. The molecule has 0 aromatic heterocycles. The van der Waals surface area contributed by atoms with E-state index in [0.29, 0.717) is 38.9 Å². The molecule has 2 N–H and O–H groups in total. The van der Waals surface area contributed by atoms with Crippen molar-refractivity contribution in [2.24, 2.45) is 5.92 Å². The standard InChI is InChI=1S/C17H23FN2O3/c1-2-15(17(22)23)20-9-7-13(8-10-20)16(21)19-11-12-3-5-14(18)6-4-12/h3-6,13,15H,2,7-11H2,1H3,(H,19,21)(H,22,23). The van der Waals surface area contributed by atoms with Gasteiger partial charge in [0, 0.05) is 12.5 Å². The van der Waals surface area contributed by atoms with E-state index in [-0.39, 0.29) is 17.6 Å². The molecular formula is C17H23FN2O3. The smallest absolute Gasteiger partial charge is 0.320 e. The first kappa shape index (κ1) is 17.4. The highest BCUT2D eigenvalue weighted by molar-refractivity contribution is 5.79. The van der Waals surface area contributed by atoms with Crippen LogP contribution in [0.4, 0.5) is 4.39 Å². The van der Waals surface area contributed by atoms with Gasteiger partial charge in [-0.2, -0.15) is 0 Å². The van der Waals surface area contributed by atoms with Crippen LogP contribution in [0.5, 0.6) is 0 Å². The zero-order valence-electron chi connectivity index (χ0n) is 13.3. The number of carbonyl (C=O) groups excluding carboxylic acids is 1. The zero-order valence-corrected chi connectivity index (χ0v) is 13.3. The predicted octanol–water partition coefficient (Wildman–Crippen LogP) is 2.02. The lowest BCUT2D eigenvalue weighted by molar-refractivity contribution is -0.144. The van der Waals surface area contributed by atoms with Gasteiger partial charge in [0.25, 0.3) is 0 Å². The van der Waals surface area contributed by atoms with Crippen molar-refractivity contribution in [3.63, 3.8) is 0 Å². The Morgan fingerprint density at radius 1 is 1.30 bits per heavy atom. The van der Waals surface area contributed by atoms with E-state index in [1.807, 2.05) is 11.8 Å². The monoisotopic (exact) mass is 322 g/mol. The maximum atomic E-state index is 12.8. The van der Waals surface area contributed by atoms with Gasteiger partial charge in [-0.1, -0.05) is 19.1 Å². The lowest BCUT2D eigenvalue weighted by Gasteiger charge is -2.34. The Hall–Kier alpha value is -1.95. The molecule has 1 heterocycles. The fourth-order valence-corrected chi connectivity index (χ4v) is 3.00. The number of likely N-dealkylation sites (tertiary alicyclic amines) is 1. The topological polar surface area (TPSA) is 69.6 Å². The molecule has 2 rings (SSSR count). The number of carboxylic acids is 1. The second-order valence-electron chi connectivity index (χ2n) is 5.92. The quantitative estimate of drug-likeness (QED) is 0.841. The van der Waals surface area contributed by atoms with Crippen molar-refractivity contribution in [1.82, 2.24) is 10.2 Å². The van der Waals surface area contributed by atoms with E-state index >= 15 is 0 Å². The largest absolute Gasteiger partial charge is 0.480 e. The van der Waals surface area contributed by atoms with Gasteiger partial charge in [-0.05, 0) is 50.0 Å². The Bertz CT molecular complexity index is 539. The first-order chi connectivity index (χ1) is 11.0. The molecule has 0 bridgehead atoms. The molecule has 0 radical (unpaired) electrons. The molecule has 1 aromatic rings. The highest BCUT2D eigenvalue weighted by Crippen LogP contribution is 2.20. The third-order valence-corrected chi connectivity index (χ3v) is 4.39. The first-order valence-corrected chi connectivity index (χ1v) is 8.00. The minimum Gasteiger partial charge on any atom is -0.480 e. The van der Waals surface area contributed by atoms with E-state index in [2.05, 4.69) is 5.32 Å². The Morgan fingerprint density at radius 3 is 2.43 bits per heavy atom. The van der Waals surface area contributed by atoms with E-state index < -0.39 is 12.0 Å². The molecule has 0 spiro atoms.